The van der Waals surface area contributed by atoms with E-state index >= 15 is 0 Å². The number of rotatable bonds is 5. The second-order valence-corrected chi connectivity index (χ2v) is 11.6. The van der Waals surface area contributed by atoms with E-state index in [2.05, 4.69) is 41.8 Å². The number of hydrogen-bond acceptors (Lipinski definition) is 7. The summed E-state index contributed by atoms with van der Waals surface area (Å²) in [5.74, 6) is 1.63. The lowest BCUT2D eigenvalue weighted by molar-refractivity contribution is 0.669. The zero-order valence-corrected chi connectivity index (χ0v) is 25.6. The van der Waals surface area contributed by atoms with Gasteiger partial charge in [0.2, 0.25) is 0 Å². The van der Waals surface area contributed by atoms with Crippen molar-refractivity contribution in [2.75, 3.05) is 5.43 Å². The molecule has 0 unspecified atom stereocenters. The average molecular weight is 619 g/mol. The summed E-state index contributed by atoms with van der Waals surface area (Å²) in [6.07, 6.45) is 3.75. The van der Waals surface area contributed by atoms with Crippen LogP contribution in [0.1, 0.15) is 11.1 Å². The zero-order valence-electron chi connectivity index (χ0n) is 25.6. The minimum Gasteiger partial charge on any atom is -0.455 e. The third kappa shape index (κ3) is 4.73. The van der Waals surface area contributed by atoms with E-state index in [0.29, 0.717) is 28.9 Å². The van der Waals surface area contributed by atoms with Crippen LogP contribution in [-0.4, -0.2) is 26.4 Å². The van der Waals surface area contributed by atoms with E-state index in [9.17, 15) is 0 Å². The maximum absolute atomic E-state index is 8.79. The van der Waals surface area contributed by atoms with Crippen LogP contribution in [0.2, 0.25) is 0 Å². The minimum absolute atomic E-state index is 0.330. The lowest BCUT2D eigenvalue weighted by Crippen LogP contribution is -2.19. The fourth-order valence-electron chi connectivity index (χ4n) is 6.28. The van der Waals surface area contributed by atoms with E-state index in [1.54, 1.807) is 6.08 Å². The lowest BCUT2D eigenvalue weighted by Gasteiger charge is -2.18. The highest BCUT2D eigenvalue weighted by molar-refractivity contribution is 6.55. The first-order valence-electron chi connectivity index (χ1n) is 15.6. The molecule has 0 saturated heterocycles. The van der Waals surface area contributed by atoms with Gasteiger partial charge in [-0.2, -0.15) is 5.10 Å². The molecule has 6 aromatic carbocycles. The van der Waals surface area contributed by atoms with Crippen molar-refractivity contribution in [3.8, 4) is 34.2 Å². The molecule has 0 amide bonds. The molecule has 226 valence electrons. The first kappa shape index (κ1) is 27.6. The summed E-state index contributed by atoms with van der Waals surface area (Å²) < 4.78 is 6.38. The number of nitrogens with one attached hydrogen (secondary N) is 2. The fourth-order valence-corrected chi connectivity index (χ4v) is 6.28. The van der Waals surface area contributed by atoms with Crippen LogP contribution < -0.4 is 5.43 Å². The molecule has 2 heterocycles. The van der Waals surface area contributed by atoms with Gasteiger partial charge in [0.15, 0.2) is 17.5 Å². The molecule has 7 heteroatoms. The number of furan rings is 1. The van der Waals surface area contributed by atoms with Gasteiger partial charge in [0.05, 0.1) is 17.0 Å². The Morgan fingerprint density at radius 1 is 0.583 bits per heavy atom. The summed E-state index contributed by atoms with van der Waals surface area (Å²) in [4.78, 5) is 15.0. The smallest absolute Gasteiger partial charge is 0.167 e. The first-order valence-corrected chi connectivity index (χ1v) is 15.6. The number of fused-ring (bicyclic) bond motifs is 6. The number of allylic oxidation sites excluding steroid dienone is 1. The monoisotopic (exact) mass is 618 g/mol. The van der Waals surface area contributed by atoms with Crippen LogP contribution in [0.3, 0.4) is 0 Å². The van der Waals surface area contributed by atoms with Gasteiger partial charge in [0.1, 0.15) is 16.9 Å². The number of aromatic nitrogens is 3. The molecule has 48 heavy (non-hydrogen) atoms. The minimum atomic E-state index is 0.330. The summed E-state index contributed by atoms with van der Waals surface area (Å²) in [5, 5.41) is 17.5. The van der Waals surface area contributed by atoms with Crippen LogP contribution in [-0.2, 0) is 0 Å². The Morgan fingerprint density at radius 2 is 1.29 bits per heavy atom. The average Bonchev–Trinajstić information content (AvgIpc) is 3.54. The molecule has 0 spiro atoms. The highest BCUT2D eigenvalue weighted by atomic mass is 16.3. The summed E-state index contributed by atoms with van der Waals surface area (Å²) in [5.41, 5.74) is 10.8. The van der Waals surface area contributed by atoms with Gasteiger partial charge in [0, 0.05) is 27.5 Å². The Morgan fingerprint density at radius 3 is 2.15 bits per heavy atom. The van der Waals surface area contributed by atoms with Crippen LogP contribution >= 0.6 is 0 Å². The van der Waals surface area contributed by atoms with Crippen LogP contribution in [0.5, 0.6) is 0 Å². The van der Waals surface area contributed by atoms with E-state index < -0.39 is 0 Å². The normalized spacial score (nSPS) is 13.4. The van der Waals surface area contributed by atoms with Crippen molar-refractivity contribution in [2.24, 2.45) is 5.10 Å². The predicted octanol–water partition coefficient (Wildman–Crippen LogP) is 9.79. The van der Waals surface area contributed by atoms with Crippen molar-refractivity contribution in [3.63, 3.8) is 0 Å². The quantitative estimate of drug-likeness (QED) is 0.187. The Balaban J connectivity index is 1.24. The Labute approximate surface area is 275 Å². The third-order valence-corrected chi connectivity index (χ3v) is 8.62. The molecular weight excluding hydrogens is 592 g/mol. The second-order valence-electron chi connectivity index (χ2n) is 11.6. The summed E-state index contributed by atoms with van der Waals surface area (Å²) in [6.45, 7) is 0. The van der Waals surface area contributed by atoms with Crippen molar-refractivity contribution in [1.29, 1.82) is 5.41 Å². The molecule has 2 N–H and O–H groups in total. The highest BCUT2D eigenvalue weighted by Crippen LogP contribution is 2.36. The van der Waals surface area contributed by atoms with Crippen LogP contribution in [0.15, 0.2) is 149 Å². The molecule has 0 radical (unpaired) electrons. The number of anilines is 1. The van der Waals surface area contributed by atoms with Gasteiger partial charge in [-0.25, -0.2) is 15.0 Å². The van der Waals surface area contributed by atoms with Crippen LogP contribution in [0.25, 0.3) is 73.0 Å². The molecule has 7 nitrogen and oxygen atoms in total. The molecule has 2 aromatic heterocycles. The van der Waals surface area contributed by atoms with Crippen molar-refractivity contribution in [1.82, 2.24) is 15.0 Å². The SMILES string of the molecule is N=C1C=Cc2ccc3ccc(-c4nc(-c5ccccc5)nc(-c5cccc6c5oc5ccccc56)n4)cc3c2/C1=N/Nc1ccccc1. The number of benzene rings is 6. The van der Waals surface area contributed by atoms with Gasteiger partial charge >= 0.3 is 0 Å². The summed E-state index contributed by atoms with van der Waals surface area (Å²) in [6, 6.07) is 44.2. The molecule has 0 aliphatic heterocycles. The van der Waals surface area contributed by atoms with Gasteiger partial charge < -0.3 is 4.42 Å². The predicted molar refractivity (Wildman–Crippen MR) is 194 cm³/mol. The van der Waals surface area contributed by atoms with Gasteiger partial charge in [-0.05, 0) is 52.7 Å². The second kappa shape index (κ2) is 11.3. The van der Waals surface area contributed by atoms with E-state index in [4.69, 9.17) is 29.9 Å². The van der Waals surface area contributed by atoms with Crippen LogP contribution in [0, 0.1) is 5.41 Å². The Hall–Kier alpha value is -6.73. The number of nitrogens with zero attached hydrogens (tertiary/aromatic N) is 4. The van der Waals surface area contributed by atoms with Gasteiger partial charge in [-0.3, -0.25) is 10.8 Å². The van der Waals surface area contributed by atoms with Crippen molar-refractivity contribution >= 4 is 55.9 Å². The molecule has 1 aliphatic rings. The fraction of sp³-hybridized carbons (Fsp3) is 0. The van der Waals surface area contributed by atoms with Gasteiger partial charge in [-0.15, -0.1) is 0 Å². The Kier molecular flexibility index (Phi) is 6.47. The van der Waals surface area contributed by atoms with E-state index in [-0.39, 0.29) is 0 Å². The summed E-state index contributed by atoms with van der Waals surface area (Å²) >= 11 is 0. The molecule has 9 rings (SSSR count). The van der Waals surface area contributed by atoms with Crippen molar-refractivity contribution in [2.45, 2.75) is 0 Å². The number of hydrazone groups is 1. The van der Waals surface area contributed by atoms with Crippen LogP contribution in [0.4, 0.5) is 5.69 Å². The first-order chi connectivity index (χ1) is 23.7. The molecule has 8 aromatic rings. The molecule has 1 aliphatic carbocycles. The maximum Gasteiger partial charge on any atom is 0.167 e. The molecule has 0 bridgehead atoms. The molecule has 0 saturated carbocycles. The van der Waals surface area contributed by atoms with Gasteiger partial charge in [0.25, 0.3) is 0 Å². The number of para-hydroxylation sites is 3. The maximum atomic E-state index is 8.79. The van der Waals surface area contributed by atoms with E-state index in [1.165, 1.54) is 0 Å². The van der Waals surface area contributed by atoms with E-state index in [1.807, 2.05) is 103 Å². The zero-order chi connectivity index (χ0) is 32.0. The van der Waals surface area contributed by atoms with Gasteiger partial charge in [-0.1, -0.05) is 109 Å². The highest BCUT2D eigenvalue weighted by Gasteiger charge is 2.22. The molecular formula is C41H26N6O. The van der Waals surface area contributed by atoms with E-state index in [0.717, 1.165) is 66.2 Å². The molecule has 0 fully saturated rings. The Bertz CT molecular complexity index is 2600. The topological polar surface area (TPSA) is 100 Å². The standard InChI is InChI=1S/C41H26N6O/c42-34-23-22-26-20-18-25-19-21-28(24-33(25)36(26)37(34)47-46-29-12-5-2-6-13-29)40-43-39(27-10-3-1-4-11-27)44-41(45-40)32-16-9-15-31-30-14-7-8-17-35(30)48-38(31)32/h1-24,42,46H/b42-34?,47-37+. The van der Waals surface area contributed by atoms with Crippen molar-refractivity contribution < 1.29 is 4.42 Å². The lowest BCUT2D eigenvalue weighted by atomic mass is 9.88. The van der Waals surface area contributed by atoms with Crippen molar-refractivity contribution in [3.05, 3.63) is 151 Å². The number of hydrogen-bond donors (Lipinski definition) is 2. The largest absolute Gasteiger partial charge is 0.455 e. The molecule has 0 atom stereocenters. The summed E-state index contributed by atoms with van der Waals surface area (Å²) in [7, 11) is 0. The third-order valence-electron chi connectivity index (χ3n) is 8.62.